The molecule has 222 valence electrons. The SMILES string of the molecule is CCc1cccc(CNCC[C@H](Cc2cc(F)cc(F)c2)NC(=O)c2csc(CS(=O)(=O)Cc3ccc(F)cc3)n2)c1. The Morgan fingerprint density at radius 1 is 0.881 bits per heavy atom. The Morgan fingerprint density at radius 3 is 2.31 bits per heavy atom. The molecule has 1 heterocycles. The second kappa shape index (κ2) is 14.6. The molecular formula is C31H32F3N3O3S2. The lowest BCUT2D eigenvalue weighted by atomic mass is 10.0. The average Bonchev–Trinajstić information content (AvgIpc) is 3.39. The summed E-state index contributed by atoms with van der Waals surface area (Å²) in [4.78, 5) is 17.3. The van der Waals surface area contributed by atoms with Gasteiger partial charge in [0.2, 0.25) is 0 Å². The number of halogens is 3. The number of amides is 1. The van der Waals surface area contributed by atoms with E-state index < -0.39 is 39.2 Å². The number of nitrogens with one attached hydrogen (secondary N) is 2. The highest BCUT2D eigenvalue weighted by molar-refractivity contribution is 7.89. The molecule has 0 saturated heterocycles. The second-order valence-electron chi connectivity index (χ2n) is 10.1. The predicted molar refractivity (Wildman–Crippen MR) is 158 cm³/mol. The molecule has 0 aliphatic heterocycles. The first-order valence-electron chi connectivity index (χ1n) is 13.5. The maximum Gasteiger partial charge on any atom is 0.270 e. The van der Waals surface area contributed by atoms with E-state index in [1.165, 1.54) is 47.3 Å². The molecule has 1 atom stereocenters. The molecule has 0 aliphatic rings. The summed E-state index contributed by atoms with van der Waals surface area (Å²) in [6.07, 6.45) is 1.60. The van der Waals surface area contributed by atoms with Crippen LogP contribution in [0.1, 0.15) is 51.1 Å². The maximum atomic E-state index is 13.8. The molecule has 0 unspecified atom stereocenters. The largest absolute Gasteiger partial charge is 0.348 e. The molecule has 0 fully saturated rings. The van der Waals surface area contributed by atoms with E-state index in [1.54, 1.807) is 0 Å². The zero-order valence-corrected chi connectivity index (χ0v) is 24.7. The minimum Gasteiger partial charge on any atom is -0.348 e. The highest BCUT2D eigenvalue weighted by Gasteiger charge is 2.20. The lowest BCUT2D eigenvalue weighted by molar-refractivity contribution is 0.0930. The van der Waals surface area contributed by atoms with E-state index in [2.05, 4.69) is 34.7 Å². The van der Waals surface area contributed by atoms with Gasteiger partial charge in [-0.2, -0.15) is 0 Å². The van der Waals surface area contributed by atoms with Gasteiger partial charge in [0, 0.05) is 24.0 Å². The van der Waals surface area contributed by atoms with E-state index in [0.29, 0.717) is 30.6 Å². The van der Waals surface area contributed by atoms with Crippen molar-refractivity contribution >= 4 is 27.1 Å². The molecule has 3 aromatic carbocycles. The summed E-state index contributed by atoms with van der Waals surface area (Å²) in [6.45, 7) is 3.25. The third-order valence-corrected chi connectivity index (χ3v) is 9.08. The summed E-state index contributed by atoms with van der Waals surface area (Å²) in [5.41, 5.74) is 3.28. The number of aromatic nitrogens is 1. The quantitative estimate of drug-likeness (QED) is 0.176. The lowest BCUT2D eigenvalue weighted by Gasteiger charge is -2.19. The van der Waals surface area contributed by atoms with Crippen molar-refractivity contribution in [3.05, 3.63) is 123 Å². The lowest BCUT2D eigenvalue weighted by Crippen LogP contribution is -2.38. The van der Waals surface area contributed by atoms with Crippen LogP contribution < -0.4 is 10.6 Å². The van der Waals surface area contributed by atoms with Crippen molar-refractivity contribution in [1.82, 2.24) is 15.6 Å². The zero-order valence-electron chi connectivity index (χ0n) is 23.1. The van der Waals surface area contributed by atoms with E-state index in [9.17, 15) is 26.4 Å². The summed E-state index contributed by atoms with van der Waals surface area (Å²) < 4.78 is 66.1. The number of carbonyl (C=O) groups is 1. The number of aryl methyl sites for hydroxylation is 1. The van der Waals surface area contributed by atoms with Gasteiger partial charge in [0.05, 0.1) is 5.75 Å². The molecule has 11 heteroatoms. The smallest absolute Gasteiger partial charge is 0.270 e. The van der Waals surface area contributed by atoms with Crippen molar-refractivity contribution in [2.45, 2.75) is 50.3 Å². The first-order chi connectivity index (χ1) is 20.1. The van der Waals surface area contributed by atoms with E-state index in [0.717, 1.165) is 29.4 Å². The van der Waals surface area contributed by atoms with Crippen LogP contribution in [-0.2, 0) is 40.7 Å². The second-order valence-corrected chi connectivity index (χ2v) is 13.1. The normalized spacial score (nSPS) is 12.3. The Balaban J connectivity index is 1.39. The fourth-order valence-electron chi connectivity index (χ4n) is 4.52. The Hall–Kier alpha value is -3.54. The zero-order chi connectivity index (χ0) is 30.1. The molecule has 2 N–H and O–H groups in total. The molecule has 0 spiro atoms. The highest BCUT2D eigenvalue weighted by Crippen LogP contribution is 2.18. The summed E-state index contributed by atoms with van der Waals surface area (Å²) in [7, 11) is -3.61. The molecule has 42 heavy (non-hydrogen) atoms. The Labute approximate surface area is 247 Å². The minimum atomic E-state index is -3.61. The number of sulfone groups is 1. The molecule has 0 radical (unpaired) electrons. The number of thiazole rings is 1. The Kier molecular flexibility index (Phi) is 10.9. The van der Waals surface area contributed by atoms with Gasteiger partial charge < -0.3 is 10.6 Å². The van der Waals surface area contributed by atoms with Crippen molar-refractivity contribution in [1.29, 1.82) is 0 Å². The minimum absolute atomic E-state index is 0.0618. The first kappa shape index (κ1) is 31.4. The molecule has 0 bridgehead atoms. The number of nitrogens with zero attached hydrogens (tertiary/aromatic N) is 1. The molecular weight excluding hydrogens is 583 g/mol. The standard InChI is InChI=1S/C31H32F3N3O3S2/c1-2-21-4-3-5-23(12-21)17-35-11-10-28(15-24-13-26(33)16-27(34)14-24)36-31(38)29-18-41-30(37-29)20-42(39,40)19-22-6-8-25(32)9-7-22/h3-9,12-14,16,18,28,35H,2,10-11,15,17,19-20H2,1H3,(H,36,38)/t28-/m1/s1. The highest BCUT2D eigenvalue weighted by atomic mass is 32.2. The van der Waals surface area contributed by atoms with Gasteiger partial charge in [-0.15, -0.1) is 11.3 Å². The van der Waals surface area contributed by atoms with Crippen LogP contribution in [0.2, 0.25) is 0 Å². The average molecular weight is 616 g/mol. The molecule has 1 aromatic heterocycles. The molecule has 6 nitrogen and oxygen atoms in total. The van der Waals surface area contributed by atoms with Gasteiger partial charge in [-0.25, -0.2) is 26.6 Å². The van der Waals surface area contributed by atoms with Crippen LogP contribution in [0.15, 0.2) is 72.1 Å². The summed E-state index contributed by atoms with van der Waals surface area (Å²) in [5, 5.41) is 7.99. The van der Waals surface area contributed by atoms with E-state index in [4.69, 9.17) is 0 Å². The van der Waals surface area contributed by atoms with Crippen LogP contribution in [0, 0.1) is 17.5 Å². The van der Waals surface area contributed by atoms with Gasteiger partial charge >= 0.3 is 0 Å². The van der Waals surface area contributed by atoms with Crippen LogP contribution in [0.4, 0.5) is 13.2 Å². The Morgan fingerprint density at radius 2 is 1.60 bits per heavy atom. The third kappa shape index (κ3) is 9.78. The first-order valence-corrected chi connectivity index (χ1v) is 16.2. The van der Waals surface area contributed by atoms with Gasteiger partial charge in [-0.1, -0.05) is 43.3 Å². The molecule has 1 amide bonds. The van der Waals surface area contributed by atoms with Gasteiger partial charge in [-0.05, 0) is 72.3 Å². The van der Waals surface area contributed by atoms with Crippen molar-refractivity contribution < 1.29 is 26.4 Å². The molecule has 0 aliphatic carbocycles. The van der Waals surface area contributed by atoms with Gasteiger partial charge in [0.1, 0.15) is 33.9 Å². The summed E-state index contributed by atoms with van der Waals surface area (Å²) in [6, 6.07) is 16.2. The van der Waals surface area contributed by atoms with Gasteiger partial charge in [0.25, 0.3) is 5.91 Å². The third-order valence-electron chi connectivity index (χ3n) is 6.57. The molecule has 4 rings (SSSR count). The number of hydrogen-bond donors (Lipinski definition) is 2. The number of carbonyl (C=O) groups excluding carboxylic acids is 1. The monoisotopic (exact) mass is 615 g/mol. The molecule has 4 aromatic rings. The maximum absolute atomic E-state index is 13.8. The van der Waals surface area contributed by atoms with E-state index >= 15 is 0 Å². The van der Waals surface area contributed by atoms with Gasteiger partial charge in [-0.3, -0.25) is 4.79 Å². The van der Waals surface area contributed by atoms with Crippen molar-refractivity contribution in [3.63, 3.8) is 0 Å². The van der Waals surface area contributed by atoms with Crippen LogP contribution in [0.3, 0.4) is 0 Å². The topological polar surface area (TPSA) is 88.2 Å². The van der Waals surface area contributed by atoms with Gasteiger partial charge in [0.15, 0.2) is 9.84 Å². The summed E-state index contributed by atoms with van der Waals surface area (Å²) >= 11 is 1.05. The Bertz CT molecular complexity index is 1590. The van der Waals surface area contributed by atoms with E-state index in [1.807, 2.05) is 12.1 Å². The van der Waals surface area contributed by atoms with Crippen molar-refractivity contribution in [3.8, 4) is 0 Å². The van der Waals surface area contributed by atoms with Crippen LogP contribution >= 0.6 is 11.3 Å². The van der Waals surface area contributed by atoms with Crippen molar-refractivity contribution in [2.24, 2.45) is 0 Å². The fourth-order valence-corrected chi connectivity index (χ4v) is 7.13. The fraction of sp³-hybridized carbons (Fsp3) is 0.290. The van der Waals surface area contributed by atoms with Crippen LogP contribution in [-0.4, -0.2) is 31.9 Å². The molecule has 0 saturated carbocycles. The predicted octanol–water partition coefficient (Wildman–Crippen LogP) is 5.76. The van der Waals surface area contributed by atoms with Crippen LogP contribution in [0.25, 0.3) is 0 Å². The van der Waals surface area contributed by atoms with Crippen molar-refractivity contribution in [2.75, 3.05) is 6.54 Å². The number of benzene rings is 3. The summed E-state index contributed by atoms with van der Waals surface area (Å²) in [5.74, 6) is -3.01. The number of rotatable bonds is 14. The van der Waals surface area contributed by atoms with Crippen LogP contribution in [0.5, 0.6) is 0 Å². The number of hydrogen-bond acceptors (Lipinski definition) is 6. The van der Waals surface area contributed by atoms with E-state index in [-0.39, 0.29) is 28.6 Å².